The summed E-state index contributed by atoms with van der Waals surface area (Å²) in [5.74, 6) is -0.939. The fourth-order valence-electron chi connectivity index (χ4n) is 1.88. The van der Waals surface area contributed by atoms with Gasteiger partial charge in [-0.05, 0) is 17.7 Å². The third-order valence-corrected chi connectivity index (χ3v) is 4.12. The summed E-state index contributed by atoms with van der Waals surface area (Å²) in [6, 6.07) is 5.73. The highest BCUT2D eigenvalue weighted by atomic mass is 32.2. The van der Waals surface area contributed by atoms with Crippen LogP contribution < -0.4 is 5.32 Å². The Labute approximate surface area is 111 Å². The molecule has 1 saturated heterocycles. The second-order valence-corrected chi connectivity index (χ2v) is 6.48. The van der Waals surface area contributed by atoms with Gasteiger partial charge in [0.25, 0.3) is 0 Å². The molecule has 0 radical (unpaired) electrons. The first-order chi connectivity index (χ1) is 8.88. The molecule has 0 saturated carbocycles. The number of sulfone groups is 1. The van der Waals surface area contributed by atoms with Crippen LogP contribution in [0.3, 0.4) is 0 Å². The van der Waals surface area contributed by atoms with E-state index in [1.165, 1.54) is 12.1 Å². The molecule has 1 aliphatic heterocycles. The zero-order valence-electron chi connectivity index (χ0n) is 10.4. The van der Waals surface area contributed by atoms with Crippen LogP contribution in [-0.4, -0.2) is 44.9 Å². The van der Waals surface area contributed by atoms with E-state index in [2.05, 4.69) is 5.32 Å². The maximum atomic E-state index is 11.3. The number of hydrogen-bond donors (Lipinski definition) is 2. The van der Waals surface area contributed by atoms with Gasteiger partial charge in [-0.15, -0.1) is 0 Å². The summed E-state index contributed by atoms with van der Waals surface area (Å²) in [6.07, 6.45) is 0.891. The van der Waals surface area contributed by atoms with Crippen LogP contribution >= 0.6 is 0 Å². The minimum absolute atomic E-state index is 0.0911. The summed E-state index contributed by atoms with van der Waals surface area (Å²) >= 11 is 0. The Kier molecular flexibility index (Phi) is 3.88. The van der Waals surface area contributed by atoms with Crippen molar-refractivity contribution in [2.24, 2.45) is 0 Å². The number of rotatable bonds is 3. The number of morpholine rings is 1. The van der Waals surface area contributed by atoms with Gasteiger partial charge in [0, 0.05) is 12.8 Å². The lowest BCUT2D eigenvalue weighted by molar-refractivity contribution is -0.144. The molecule has 2 rings (SSSR count). The van der Waals surface area contributed by atoms with Gasteiger partial charge in [0.1, 0.15) is 6.04 Å². The van der Waals surface area contributed by atoms with Gasteiger partial charge in [0.05, 0.1) is 17.6 Å². The van der Waals surface area contributed by atoms with Gasteiger partial charge in [0.15, 0.2) is 9.84 Å². The molecule has 0 spiro atoms. The molecule has 1 heterocycles. The largest absolute Gasteiger partial charge is 0.480 e. The van der Waals surface area contributed by atoms with Crippen molar-refractivity contribution in [2.45, 2.75) is 17.0 Å². The van der Waals surface area contributed by atoms with Crippen LogP contribution in [0.15, 0.2) is 29.2 Å². The molecule has 0 bridgehead atoms. The Bertz CT molecular complexity index is 558. The molecule has 1 aliphatic rings. The Hall–Kier alpha value is -1.44. The van der Waals surface area contributed by atoms with Gasteiger partial charge in [-0.1, -0.05) is 12.1 Å². The van der Waals surface area contributed by atoms with Crippen LogP contribution in [0.4, 0.5) is 0 Å². The van der Waals surface area contributed by atoms with Gasteiger partial charge in [0.2, 0.25) is 0 Å². The first kappa shape index (κ1) is 14.0. The van der Waals surface area contributed by atoms with Gasteiger partial charge >= 0.3 is 5.97 Å². The number of carbonyl (C=O) groups is 1. The first-order valence-electron chi connectivity index (χ1n) is 5.76. The van der Waals surface area contributed by atoms with Crippen molar-refractivity contribution < 1.29 is 23.1 Å². The summed E-state index contributed by atoms with van der Waals surface area (Å²) in [5, 5.41) is 11.7. The molecule has 2 N–H and O–H groups in total. The topological polar surface area (TPSA) is 92.7 Å². The molecule has 7 heteroatoms. The Morgan fingerprint density at radius 3 is 2.42 bits per heavy atom. The number of carboxylic acid groups (broad SMARTS) is 1. The smallest absolute Gasteiger partial charge is 0.323 e. The van der Waals surface area contributed by atoms with Crippen molar-refractivity contribution >= 4 is 15.8 Å². The monoisotopic (exact) mass is 285 g/mol. The first-order valence-corrected chi connectivity index (χ1v) is 7.65. The van der Waals surface area contributed by atoms with E-state index in [1.54, 1.807) is 12.1 Å². The lowest BCUT2D eigenvalue weighted by atomic mass is 10.1. The molecule has 2 unspecified atom stereocenters. The van der Waals surface area contributed by atoms with Crippen molar-refractivity contribution in [2.75, 3.05) is 19.4 Å². The third-order valence-electron chi connectivity index (χ3n) is 2.99. The fourth-order valence-corrected chi connectivity index (χ4v) is 2.51. The Morgan fingerprint density at radius 2 is 2.00 bits per heavy atom. The molecule has 6 nitrogen and oxygen atoms in total. The molecule has 1 fully saturated rings. The van der Waals surface area contributed by atoms with Gasteiger partial charge in [-0.25, -0.2) is 8.42 Å². The zero-order valence-corrected chi connectivity index (χ0v) is 11.2. The molecule has 1 aromatic rings. The molecule has 104 valence electrons. The fraction of sp³-hybridized carbons (Fsp3) is 0.417. The van der Waals surface area contributed by atoms with Crippen LogP contribution in [0.25, 0.3) is 0 Å². The molecule has 1 aromatic carbocycles. The van der Waals surface area contributed by atoms with Gasteiger partial charge in [-0.3, -0.25) is 10.1 Å². The van der Waals surface area contributed by atoms with Crippen LogP contribution in [0.2, 0.25) is 0 Å². The lowest BCUT2D eigenvalue weighted by Crippen LogP contribution is -2.47. The molecule has 19 heavy (non-hydrogen) atoms. The molecule has 0 amide bonds. The Balaban J connectivity index is 2.06. The number of hydrogen-bond acceptors (Lipinski definition) is 5. The van der Waals surface area contributed by atoms with Crippen molar-refractivity contribution in [1.29, 1.82) is 0 Å². The molecule has 0 aromatic heterocycles. The highest BCUT2D eigenvalue weighted by Gasteiger charge is 2.26. The summed E-state index contributed by atoms with van der Waals surface area (Å²) < 4.78 is 28.1. The second-order valence-electron chi connectivity index (χ2n) is 4.46. The maximum Gasteiger partial charge on any atom is 0.323 e. The van der Waals surface area contributed by atoms with Crippen LogP contribution in [0.5, 0.6) is 0 Å². The van der Waals surface area contributed by atoms with Gasteiger partial charge < -0.3 is 9.84 Å². The number of carboxylic acids is 1. The minimum atomic E-state index is -3.20. The average Bonchev–Trinajstić information content (AvgIpc) is 2.38. The van der Waals surface area contributed by atoms with Crippen molar-refractivity contribution in [3.8, 4) is 0 Å². The molecule has 0 aliphatic carbocycles. The highest BCUT2D eigenvalue weighted by Crippen LogP contribution is 2.21. The summed E-state index contributed by atoms with van der Waals surface area (Å²) in [5.41, 5.74) is 0.823. The predicted octanol–water partition coefficient (Wildman–Crippen LogP) is 0.204. The summed E-state index contributed by atoms with van der Waals surface area (Å²) in [4.78, 5) is 11.0. The molecule has 2 atom stereocenters. The maximum absolute atomic E-state index is 11.3. The van der Waals surface area contributed by atoms with E-state index in [0.29, 0.717) is 6.54 Å². The van der Waals surface area contributed by atoms with E-state index in [9.17, 15) is 13.2 Å². The molecular weight excluding hydrogens is 270 g/mol. The quantitative estimate of drug-likeness (QED) is 0.824. The van der Waals surface area contributed by atoms with E-state index >= 15 is 0 Å². The van der Waals surface area contributed by atoms with Crippen molar-refractivity contribution in [3.05, 3.63) is 29.8 Å². The lowest BCUT2D eigenvalue weighted by Gasteiger charge is -2.28. The van der Waals surface area contributed by atoms with Crippen molar-refractivity contribution in [1.82, 2.24) is 5.32 Å². The van der Waals surface area contributed by atoms with E-state index in [1.807, 2.05) is 0 Å². The number of nitrogens with one attached hydrogen (secondary N) is 1. The zero-order chi connectivity index (χ0) is 14.0. The summed E-state index contributed by atoms with van der Waals surface area (Å²) in [6.45, 7) is 0.475. The van der Waals surface area contributed by atoms with Crippen LogP contribution in [-0.2, 0) is 19.4 Å². The average molecular weight is 285 g/mol. The van der Waals surface area contributed by atoms with Crippen LogP contribution in [0, 0.1) is 0 Å². The Morgan fingerprint density at radius 1 is 1.37 bits per heavy atom. The number of benzene rings is 1. The highest BCUT2D eigenvalue weighted by molar-refractivity contribution is 7.90. The van der Waals surface area contributed by atoms with E-state index in [-0.39, 0.29) is 17.6 Å². The van der Waals surface area contributed by atoms with E-state index in [0.717, 1.165) is 11.8 Å². The number of ether oxygens (including phenoxy) is 1. The normalized spacial score (nSPS) is 24.1. The predicted molar refractivity (Wildman–Crippen MR) is 67.7 cm³/mol. The number of aliphatic carboxylic acids is 1. The molecular formula is C12H15NO5S. The van der Waals surface area contributed by atoms with Crippen molar-refractivity contribution in [3.63, 3.8) is 0 Å². The SMILES string of the molecule is CS(=O)(=O)c1ccc(C2CNC(C(=O)O)CO2)cc1. The standard InChI is InChI=1S/C12H15NO5S/c1-19(16,17)9-4-2-8(3-5-9)11-6-13-10(7-18-11)12(14)15/h2-5,10-11,13H,6-7H2,1H3,(H,14,15). The summed E-state index contributed by atoms with van der Waals surface area (Å²) in [7, 11) is -3.20. The second kappa shape index (κ2) is 5.28. The van der Waals surface area contributed by atoms with E-state index in [4.69, 9.17) is 9.84 Å². The van der Waals surface area contributed by atoms with Crippen LogP contribution in [0.1, 0.15) is 11.7 Å². The van der Waals surface area contributed by atoms with E-state index < -0.39 is 21.8 Å². The minimum Gasteiger partial charge on any atom is -0.480 e. The van der Waals surface area contributed by atoms with Gasteiger partial charge in [-0.2, -0.15) is 0 Å². The third kappa shape index (κ3) is 3.31.